The van der Waals surface area contributed by atoms with Gasteiger partial charge in [0, 0.05) is 37.9 Å². The van der Waals surface area contributed by atoms with E-state index < -0.39 is 0 Å². The molecule has 0 radical (unpaired) electrons. The summed E-state index contributed by atoms with van der Waals surface area (Å²) >= 11 is 0. The zero-order valence-electron chi connectivity index (χ0n) is 17.8. The quantitative estimate of drug-likeness (QED) is 0.400. The average molecular weight is 438 g/mol. The van der Waals surface area contributed by atoms with Crippen molar-refractivity contribution in [2.75, 3.05) is 29.9 Å². The van der Waals surface area contributed by atoms with Crippen molar-refractivity contribution in [1.82, 2.24) is 35.3 Å². The number of H-pyrrole nitrogens is 2. The number of piperidine rings is 1. The molecule has 4 heterocycles. The van der Waals surface area contributed by atoms with E-state index in [4.69, 9.17) is 5.26 Å². The lowest BCUT2D eigenvalue weighted by Crippen LogP contribution is -2.23. The second kappa shape index (κ2) is 8.02. The summed E-state index contributed by atoms with van der Waals surface area (Å²) in [6.45, 7) is 2.72. The average Bonchev–Trinajstić information content (AvgIpc) is 3.40. The SMILES string of the molecule is N#Cc1ccc(CCNc2ncc(-c3ncc(N4CC5C(C4)C5c4cn[nH]n4)[nH]3)cn2)cc1. The highest BCUT2D eigenvalue weighted by atomic mass is 15.3. The number of imidazole rings is 1. The Labute approximate surface area is 190 Å². The number of nitriles is 1. The summed E-state index contributed by atoms with van der Waals surface area (Å²) in [6, 6.07) is 9.73. The molecule has 2 atom stereocenters. The Hall–Kier alpha value is -4.26. The van der Waals surface area contributed by atoms with Crippen molar-refractivity contribution in [1.29, 1.82) is 5.26 Å². The molecule has 6 rings (SSSR count). The molecule has 3 N–H and O–H groups in total. The van der Waals surface area contributed by atoms with Crippen LogP contribution in [0.25, 0.3) is 11.4 Å². The molecule has 0 amide bonds. The Balaban J connectivity index is 1.03. The molecule has 0 bridgehead atoms. The number of rotatable bonds is 7. The maximum Gasteiger partial charge on any atom is 0.222 e. The highest BCUT2D eigenvalue weighted by molar-refractivity contribution is 5.57. The second-order valence-electron chi connectivity index (χ2n) is 8.55. The number of nitrogens with one attached hydrogen (secondary N) is 3. The summed E-state index contributed by atoms with van der Waals surface area (Å²) in [5, 5.41) is 23.0. The number of fused-ring (bicyclic) bond motifs is 1. The molecule has 0 spiro atoms. The van der Waals surface area contributed by atoms with Gasteiger partial charge in [0.05, 0.1) is 35.3 Å². The summed E-state index contributed by atoms with van der Waals surface area (Å²) in [5.41, 5.74) is 3.76. The summed E-state index contributed by atoms with van der Waals surface area (Å²) in [7, 11) is 0. The normalized spacial score (nSPS) is 20.9. The predicted octanol–water partition coefficient (Wildman–Crippen LogP) is 2.36. The minimum absolute atomic E-state index is 0.535. The minimum atomic E-state index is 0.535. The molecule has 10 nitrogen and oxygen atoms in total. The van der Waals surface area contributed by atoms with Crippen molar-refractivity contribution >= 4 is 11.8 Å². The van der Waals surface area contributed by atoms with Gasteiger partial charge >= 0.3 is 0 Å². The molecule has 1 aliphatic heterocycles. The van der Waals surface area contributed by atoms with E-state index >= 15 is 0 Å². The molecule has 2 fully saturated rings. The van der Waals surface area contributed by atoms with Gasteiger partial charge in [-0.05, 0) is 36.0 Å². The Morgan fingerprint density at radius 3 is 2.52 bits per heavy atom. The van der Waals surface area contributed by atoms with E-state index in [1.54, 1.807) is 12.4 Å². The Morgan fingerprint density at radius 1 is 1.03 bits per heavy atom. The first-order valence-corrected chi connectivity index (χ1v) is 11.0. The summed E-state index contributed by atoms with van der Waals surface area (Å²) in [4.78, 5) is 19.1. The van der Waals surface area contributed by atoms with Crippen LogP contribution in [0.4, 0.5) is 11.8 Å². The number of aromatic nitrogens is 7. The van der Waals surface area contributed by atoms with Crippen LogP contribution in [-0.2, 0) is 6.42 Å². The van der Waals surface area contributed by atoms with Crippen molar-refractivity contribution in [3.8, 4) is 17.5 Å². The lowest BCUT2D eigenvalue weighted by atomic mass is 10.1. The Morgan fingerprint density at radius 2 is 1.82 bits per heavy atom. The van der Waals surface area contributed by atoms with Crippen molar-refractivity contribution in [3.05, 3.63) is 65.9 Å². The number of aromatic amines is 2. The monoisotopic (exact) mass is 438 g/mol. The predicted molar refractivity (Wildman–Crippen MR) is 121 cm³/mol. The van der Waals surface area contributed by atoms with Crippen LogP contribution in [-0.4, -0.2) is 55.0 Å². The molecule has 3 aromatic heterocycles. The number of nitrogens with zero attached hydrogens (tertiary/aromatic N) is 7. The lowest BCUT2D eigenvalue weighted by Gasteiger charge is -2.19. The molecular weight excluding hydrogens is 416 g/mol. The molecule has 4 aromatic rings. The first-order valence-electron chi connectivity index (χ1n) is 11.0. The van der Waals surface area contributed by atoms with Crippen LogP contribution in [0.15, 0.2) is 49.1 Å². The van der Waals surface area contributed by atoms with Crippen molar-refractivity contribution in [2.45, 2.75) is 12.3 Å². The zero-order valence-corrected chi connectivity index (χ0v) is 17.8. The van der Waals surface area contributed by atoms with Crippen molar-refractivity contribution < 1.29 is 0 Å². The summed E-state index contributed by atoms with van der Waals surface area (Å²) in [5.74, 6) is 4.19. The van der Waals surface area contributed by atoms with Gasteiger partial charge in [-0.3, -0.25) is 0 Å². The van der Waals surface area contributed by atoms with Crippen LogP contribution < -0.4 is 10.2 Å². The first-order chi connectivity index (χ1) is 16.3. The molecular formula is C23H22N10. The van der Waals surface area contributed by atoms with Gasteiger partial charge in [0.2, 0.25) is 5.95 Å². The molecule has 2 aliphatic rings. The van der Waals surface area contributed by atoms with Gasteiger partial charge in [0.1, 0.15) is 11.6 Å². The van der Waals surface area contributed by atoms with E-state index in [2.05, 4.69) is 51.6 Å². The van der Waals surface area contributed by atoms with E-state index in [-0.39, 0.29) is 0 Å². The third-order valence-electron chi connectivity index (χ3n) is 6.58. The van der Waals surface area contributed by atoms with Gasteiger partial charge in [-0.2, -0.15) is 20.7 Å². The fourth-order valence-electron chi connectivity index (χ4n) is 4.76. The number of benzene rings is 1. The van der Waals surface area contributed by atoms with Gasteiger partial charge in [-0.25, -0.2) is 15.0 Å². The van der Waals surface area contributed by atoms with Crippen LogP contribution in [0, 0.1) is 23.2 Å². The first kappa shape index (κ1) is 19.4. The van der Waals surface area contributed by atoms with Gasteiger partial charge < -0.3 is 15.2 Å². The van der Waals surface area contributed by atoms with Gasteiger partial charge in [-0.15, -0.1) is 0 Å². The lowest BCUT2D eigenvalue weighted by molar-refractivity contribution is 0.729. The smallest absolute Gasteiger partial charge is 0.222 e. The summed E-state index contributed by atoms with van der Waals surface area (Å²) < 4.78 is 0. The maximum absolute atomic E-state index is 8.88. The van der Waals surface area contributed by atoms with Crippen LogP contribution in [0.1, 0.15) is 22.7 Å². The Kier molecular flexibility index (Phi) is 4.72. The second-order valence-corrected chi connectivity index (χ2v) is 8.55. The van der Waals surface area contributed by atoms with E-state index in [0.717, 1.165) is 48.0 Å². The Bertz CT molecular complexity index is 1260. The fraction of sp³-hybridized carbons (Fsp3) is 0.304. The van der Waals surface area contributed by atoms with Crippen molar-refractivity contribution in [3.63, 3.8) is 0 Å². The van der Waals surface area contributed by atoms with E-state index in [1.165, 1.54) is 0 Å². The van der Waals surface area contributed by atoms with Gasteiger partial charge in [0.15, 0.2) is 0 Å². The van der Waals surface area contributed by atoms with Crippen molar-refractivity contribution in [2.24, 2.45) is 11.8 Å². The highest BCUT2D eigenvalue weighted by Gasteiger charge is 2.57. The molecule has 10 heteroatoms. The van der Waals surface area contributed by atoms with Gasteiger partial charge in [-0.1, -0.05) is 12.1 Å². The molecule has 164 valence electrons. The third kappa shape index (κ3) is 3.78. The maximum atomic E-state index is 8.88. The number of anilines is 2. The topological polar surface area (TPSA) is 135 Å². The van der Waals surface area contributed by atoms with Gasteiger partial charge in [0.25, 0.3) is 0 Å². The number of hydrogen-bond acceptors (Lipinski definition) is 8. The van der Waals surface area contributed by atoms with Crippen LogP contribution in [0.3, 0.4) is 0 Å². The largest absolute Gasteiger partial charge is 0.356 e. The zero-order chi connectivity index (χ0) is 22.2. The highest BCUT2D eigenvalue weighted by Crippen LogP contribution is 2.57. The van der Waals surface area contributed by atoms with E-state index in [9.17, 15) is 0 Å². The molecule has 2 unspecified atom stereocenters. The summed E-state index contributed by atoms with van der Waals surface area (Å²) in [6.07, 6.45) is 8.11. The fourth-order valence-corrected chi connectivity index (χ4v) is 4.76. The molecule has 1 aliphatic carbocycles. The minimum Gasteiger partial charge on any atom is -0.356 e. The molecule has 1 saturated heterocycles. The standard InChI is InChI=1S/C23H22N10/c24-7-15-3-1-14(2-4-15)5-6-25-23-27-8-16(9-28-23)22-26-11-20(30-22)33-12-17-18(13-33)21(17)19-10-29-32-31-19/h1-4,8-11,17-18,21H,5-6,12-13H2,(H,26,30)(H,25,27,28)(H,29,31,32). The van der Waals surface area contributed by atoms with E-state index in [1.807, 2.05) is 36.7 Å². The number of hydrogen-bond donors (Lipinski definition) is 3. The van der Waals surface area contributed by atoms with Crippen LogP contribution in [0.5, 0.6) is 0 Å². The van der Waals surface area contributed by atoms with Crippen LogP contribution >= 0.6 is 0 Å². The molecule has 1 saturated carbocycles. The van der Waals surface area contributed by atoms with Crippen LogP contribution in [0.2, 0.25) is 0 Å². The third-order valence-corrected chi connectivity index (χ3v) is 6.58. The van der Waals surface area contributed by atoms with E-state index in [0.29, 0.717) is 35.8 Å². The molecule has 1 aromatic carbocycles. The molecule has 33 heavy (non-hydrogen) atoms.